The van der Waals surface area contributed by atoms with E-state index in [1.54, 1.807) is 0 Å². The Morgan fingerprint density at radius 1 is 1.17 bits per heavy atom. The molecule has 23 heavy (non-hydrogen) atoms. The number of nitrogens with zero attached hydrogens (tertiary/aromatic N) is 1. The number of anilines is 3. The fourth-order valence-corrected chi connectivity index (χ4v) is 2.94. The van der Waals surface area contributed by atoms with Crippen molar-refractivity contribution < 1.29 is 4.79 Å². The maximum absolute atomic E-state index is 12.1. The number of amides is 1. The normalized spacial score (nSPS) is 12.8. The number of nitrogens with one attached hydrogen (secondary N) is 2. The quantitative estimate of drug-likeness (QED) is 0.901. The molecule has 0 atom stereocenters. The van der Waals surface area contributed by atoms with Gasteiger partial charge >= 0.3 is 0 Å². The lowest BCUT2D eigenvalue weighted by Crippen LogP contribution is -2.23. The predicted molar refractivity (Wildman–Crippen MR) is 96.2 cm³/mol. The van der Waals surface area contributed by atoms with Crippen LogP contribution in [0.1, 0.15) is 29.8 Å². The average Bonchev–Trinajstić information content (AvgIpc) is 2.68. The van der Waals surface area contributed by atoms with E-state index in [9.17, 15) is 4.79 Å². The van der Waals surface area contributed by atoms with Gasteiger partial charge in [-0.3, -0.25) is 4.79 Å². The highest BCUT2D eigenvalue weighted by atomic mass is 16.1. The molecule has 2 aromatic carbocycles. The summed E-state index contributed by atoms with van der Waals surface area (Å²) in [5, 5.41) is 6.20. The number of hydrogen-bond acceptors (Lipinski definition) is 3. The molecule has 0 unspecified atom stereocenters. The minimum Gasteiger partial charge on any atom is -0.354 e. The van der Waals surface area contributed by atoms with E-state index in [4.69, 9.17) is 0 Å². The van der Waals surface area contributed by atoms with Gasteiger partial charge in [0.1, 0.15) is 0 Å². The van der Waals surface area contributed by atoms with Crippen molar-refractivity contribution in [3.05, 3.63) is 60.2 Å². The van der Waals surface area contributed by atoms with Gasteiger partial charge in [0.15, 0.2) is 0 Å². The molecule has 4 nitrogen and oxygen atoms in total. The summed E-state index contributed by atoms with van der Waals surface area (Å²) >= 11 is 0. The highest BCUT2D eigenvalue weighted by Crippen LogP contribution is 2.41. The van der Waals surface area contributed by atoms with Gasteiger partial charge in [0.05, 0.1) is 17.1 Å². The molecular weight excluding hydrogens is 286 g/mol. The van der Waals surface area contributed by atoms with Crippen LogP contribution in [-0.4, -0.2) is 19.0 Å². The molecule has 0 bridgehead atoms. The van der Waals surface area contributed by atoms with Gasteiger partial charge in [0.2, 0.25) is 0 Å². The molecule has 0 saturated carbocycles. The lowest BCUT2D eigenvalue weighted by atomic mass is 10.1. The van der Waals surface area contributed by atoms with Crippen LogP contribution in [0.5, 0.6) is 0 Å². The van der Waals surface area contributed by atoms with E-state index in [2.05, 4.69) is 41.2 Å². The molecule has 1 aliphatic heterocycles. The van der Waals surface area contributed by atoms with Crippen LogP contribution in [0.25, 0.3) is 5.70 Å². The van der Waals surface area contributed by atoms with Crippen molar-refractivity contribution in [1.82, 2.24) is 5.32 Å². The Labute approximate surface area is 136 Å². The summed E-state index contributed by atoms with van der Waals surface area (Å²) in [5.41, 5.74) is 5.63. The second kappa shape index (κ2) is 6.16. The first-order valence-corrected chi connectivity index (χ1v) is 7.90. The third kappa shape index (κ3) is 2.68. The second-order valence-corrected chi connectivity index (χ2v) is 5.46. The SMILES string of the molecule is C=C1Nc2cc(C(=O)NCC)ccc2N(CC)c2ccccc21. The first kappa shape index (κ1) is 15.2. The van der Waals surface area contributed by atoms with Crippen LogP contribution in [0.15, 0.2) is 49.0 Å². The minimum absolute atomic E-state index is 0.0625. The Kier molecular flexibility index (Phi) is 4.06. The van der Waals surface area contributed by atoms with Crippen molar-refractivity contribution in [3.8, 4) is 0 Å². The van der Waals surface area contributed by atoms with Gasteiger partial charge in [-0.15, -0.1) is 0 Å². The molecule has 4 heteroatoms. The topological polar surface area (TPSA) is 44.4 Å². The molecule has 3 rings (SSSR count). The van der Waals surface area contributed by atoms with Crippen LogP contribution in [-0.2, 0) is 0 Å². The molecule has 118 valence electrons. The largest absolute Gasteiger partial charge is 0.354 e. The smallest absolute Gasteiger partial charge is 0.251 e. The monoisotopic (exact) mass is 307 g/mol. The van der Waals surface area contributed by atoms with Crippen LogP contribution in [0.2, 0.25) is 0 Å². The summed E-state index contributed by atoms with van der Waals surface area (Å²) < 4.78 is 0. The number of carbonyl (C=O) groups is 1. The second-order valence-electron chi connectivity index (χ2n) is 5.46. The molecule has 0 saturated heterocycles. The van der Waals surface area contributed by atoms with Crippen molar-refractivity contribution in [1.29, 1.82) is 0 Å². The number of carbonyl (C=O) groups excluding carboxylic acids is 1. The molecule has 2 N–H and O–H groups in total. The molecule has 0 aromatic heterocycles. The standard InChI is InChI=1S/C19H21N3O/c1-4-20-19(23)14-10-11-18-16(12-14)21-13(3)15-8-6-7-9-17(15)22(18)5-2/h6-12,21H,3-5H2,1-2H3,(H,20,23). The van der Waals surface area contributed by atoms with Crippen LogP contribution in [0.3, 0.4) is 0 Å². The molecule has 1 amide bonds. The van der Waals surface area contributed by atoms with Gasteiger partial charge < -0.3 is 15.5 Å². The van der Waals surface area contributed by atoms with E-state index in [0.717, 1.165) is 34.9 Å². The van der Waals surface area contributed by atoms with Crippen molar-refractivity contribution in [2.75, 3.05) is 23.3 Å². The highest BCUT2D eigenvalue weighted by molar-refractivity contribution is 5.99. The van der Waals surface area contributed by atoms with Crippen molar-refractivity contribution in [2.24, 2.45) is 0 Å². The lowest BCUT2D eigenvalue weighted by Gasteiger charge is -2.24. The van der Waals surface area contributed by atoms with Gasteiger partial charge in [-0.25, -0.2) is 0 Å². The number of para-hydroxylation sites is 1. The maximum atomic E-state index is 12.1. The summed E-state index contributed by atoms with van der Waals surface area (Å²) in [6.45, 7) is 9.63. The van der Waals surface area contributed by atoms with Gasteiger partial charge in [-0.05, 0) is 38.1 Å². The van der Waals surface area contributed by atoms with Gasteiger partial charge in [0, 0.05) is 29.9 Å². The van der Waals surface area contributed by atoms with Crippen LogP contribution in [0.4, 0.5) is 17.1 Å². The highest BCUT2D eigenvalue weighted by Gasteiger charge is 2.22. The van der Waals surface area contributed by atoms with Gasteiger partial charge in [-0.2, -0.15) is 0 Å². The molecule has 0 radical (unpaired) electrons. The fourth-order valence-electron chi connectivity index (χ4n) is 2.94. The van der Waals surface area contributed by atoms with E-state index < -0.39 is 0 Å². The Bertz CT molecular complexity index is 767. The van der Waals surface area contributed by atoms with Crippen LogP contribution in [0, 0.1) is 0 Å². The summed E-state index contributed by atoms with van der Waals surface area (Å²) in [5.74, 6) is -0.0625. The molecule has 0 spiro atoms. The Morgan fingerprint density at radius 3 is 2.70 bits per heavy atom. The van der Waals surface area contributed by atoms with Gasteiger partial charge in [-0.1, -0.05) is 24.8 Å². The van der Waals surface area contributed by atoms with E-state index in [-0.39, 0.29) is 5.91 Å². The van der Waals surface area contributed by atoms with Crippen LogP contribution >= 0.6 is 0 Å². The summed E-state index contributed by atoms with van der Waals surface area (Å²) in [7, 11) is 0. The third-order valence-corrected chi connectivity index (χ3v) is 4.01. The van der Waals surface area contributed by atoms with Crippen LogP contribution < -0.4 is 15.5 Å². The third-order valence-electron chi connectivity index (χ3n) is 4.01. The Balaban J connectivity index is 2.11. The fraction of sp³-hybridized carbons (Fsp3) is 0.211. The summed E-state index contributed by atoms with van der Waals surface area (Å²) in [6, 6.07) is 13.9. The molecule has 0 fully saturated rings. The molecule has 1 aliphatic rings. The van der Waals surface area contributed by atoms with E-state index in [1.165, 1.54) is 0 Å². The average molecular weight is 307 g/mol. The maximum Gasteiger partial charge on any atom is 0.251 e. The van der Waals surface area contributed by atoms with Gasteiger partial charge in [0.25, 0.3) is 5.91 Å². The summed E-state index contributed by atoms with van der Waals surface area (Å²) in [6.07, 6.45) is 0. The minimum atomic E-state index is -0.0625. The first-order chi connectivity index (χ1) is 11.2. The van der Waals surface area contributed by atoms with E-state index in [0.29, 0.717) is 12.1 Å². The van der Waals surface area contributed by atoms with E-state index >= 15 is 0 Å². The van der Waals surface area contributed by atoms with Crippen molar-refractivity contribution >= 4 is 28.7 Å². The zero-order chi connectivity index (χ0) is 16.4. The molecule has 1 heterocycles. The number of rotatable bonds is 3. The zero-order valence-corrected chi connectivity index (χ0v) is 13.5. The zero-order valence-electron chi connectivity index (χ0n) is 13.5. The molecular formula is C19H21N3O. The number of hydrogen-bond donors (Lipinski definition) is 2. The predicted octanol–water partition coefficient (Wildman–Crippen LogP) is 3.99. The first-order valence-electron chi connectivity index (χ1n) is 7.90. The number of fused-ring (bicyclic) bond motifs is 2. The van der Waals surface area contributed by atoms with Crippen molar-refractivity contribution in [2.45, 2.75) is 13.8 Å². The molecule has 2 aromatic rings. The van der Waals surface area contributed by atoms with Crippen molar-refractivity contribution in [3.63, 3.8) is 0 Å². The summed E-state index contributed by atoms with van der Waals surface area (Å²) in [4.78, 5) is 14.3. The van der Waals surface area contributed by atoms with E-state index in [1.807, 2.05) is 37.3 Å². The lowest BCUT2D eigenvalue weighted by molar-refractivity contribution is 0.0956. The number of benzene rings is 2. The Morgan fingerprint density at radius 2 is 1.96 bits per heavy atom. The molecule has 0 aliphatic carbocycles. The Hall–Kier alpha value is -2.75.